The second-order valence-corrected chi connectivity index (χ2v) is 13.5. The number of hydrogen-bond donors (Lipinski definition) is 1. The van der Waals surface area contributed by atoms with Crippen molar-refractivity contribution in [2.24, 2.45) is 28.6 Å². The standard InChI is InChI=1S/C30H46NO7/c1-6-36-27(35)38-30(26(34)37-18-31(5)15-7-8-19(31)2)14-12-23-22-10-9-20-16-21(32)11-13-28(20,3)25(22)24(33)17-29(23,30)4/h16,19,22-25,33H,6-15,17-18H2,1-5H3/q+1/t19?,22?,23?,24?,25?,28?,29?,30-,31?/m0/s1. The summed E-state index contributed by atoms with van der Waals surface area (Å²) in [6.07, 6.45) is 6.83. The number of aliphatic hydroxyl groups excluding tert-OH is 1. The molecule has 1 saturated heterocycles. The van der Waals surface area contributed by atoms with Crippen LogP contribution in [0, 0.1) is 28.6 Å². The highest BCUT2D eigenvalue weighted by Gasteiger charge is 2.72. The molecule has 8 nitrogen and oxygen atoms in total. The van der Waals surface area contributed by atoms with Crippen LogP contribution in [0.1, 0.15) is 85.5 Å². The van der Waals surface area contributed by atoms with E-state index >= 15 is 0 Å². The SMILES string of the molecule is CCOC(=O)O[C@]1(C(=O)OC[N+]2(C)CCCC2C)CCC2C3CCC4=CC(=O)CCC4(C)C3C(O)CC21C. The highest BCUT2D eigenvalue weighted by Crippen LogP contribution is 2.68. The number of esters is 1. The molecule has 212 valence electrons. The van der Waals surface area contributed by atoms with E-state index < -0.39 is 29.2 Å². The van der Waals surface area contributed by atoms with Gasteiger partial charge in [-0.3, -0.25) is 9.28 Å². The molecule has 3 saturated carbocycles. The van der Waals surface area contributed by atoms with Gasteiger partial charge in [0.05, 0.1) is 32.3 Å². The maximum absolute atomic E-state index is 14.1. The first-order valence-electron chi connectivity index (χ1n) is 14.7. The molecule has 0 aromatic rings. The number of quaternary nitrogens is 1. The molecule has 0 amide bonds. The van der Waals surface area contributed by atoms with Crippen LogP contribution in [0.3, 0.4) is 0 Å². The maximum atomic E-state index is 14.1. The van der Waals surface area contributed by atoms with Crippen LogP contribution in [0.15, 0.2) is 11.6 Å². The van der Waals surface area contributed by atoms with Gasteiger partial charge in [-0.2, -0.15) is 0 Å². The molecular formula is C30H46NO7+. The van der Waals surface area contributed by atoms with E-state index in [9.17, 15) is 19.5 Å². The first-order valence-corrected chi connectivity index (χ1v) is 14.7. The lowest BCUT2D eigenvalue weighted by Crippen LogP contribution is -2.63. The van der Waals surface area contributed by atoms with Crippen LogP contribution in [-0.2, 0) is 23.8 Å². The molecule has 4 aliphatic carbocycles. The van der Waals surface area contributed by atoms with Crippen molar-refractivity contribution in [3.05, 3.63) is 11.6 Å². The van der Waals surface area contributed by atoms with E-state index in [1.54, 1.807) is 6.92 Å². The quantitative estimate of drug-likeness (QED) is 0.410. The fourth-order valence-electron chi connectivity index (χ4n) is 9.30. The average Bonchev–Trinajstić information content (AvgIpc) is 3.34. The molecule has 1 N–H and O–H groups in total. The predicted molar refractivity (Wildman–Crippen MR) is 140 cm³/mol. The monoisotopic (exact) mass is 532 g/mol. The maximum Gasteiger partial charge on any atom is 0.509 e. The summed E-state index contributed by atoms with van der Waals surface area (Å²) in [6, 6.07) is 0.390. The molecule has 1 heterocycles. The van der Waals surface area contributed by atoms with Crippen molar-refractivity contribution in [3.8, 4) is 0 Å². The van der Waals surface area contributed by atoms with Crippen LogP contribution >= 0.6 is 0 Å². The topological polar surface area (TPSA) is 99.1 Å². The highest BCUT2D eigenvalue weighted by molar-refractivity contribution is 5.91. The van der Waals surface area contributed by atoms with E-state index in [0.717, 1.165) is 45.1 Å². The predicted octanol–water partition coefficient (Wildman–Crippen LogP) is 4.53. The van der Waals surface area contributed by atoms with Gasteiger partial charge >= 0.3 is 12.1 Å². The van der Waals surface area contributed by atoms with Crippen LogP contribution in [0.5, 0.6) is 0 Å². The van der Waals surface area contributed by atoms with E-state index in [1.807, 2.05) is 13.0 Å². The summed E-state index contributed by atoms with van der Waals surface area (Å²) >= 11 is 0. The molecule has 1 aliphatic heterocycles. The van der Waals surface area contributed by atoms with Gasteiger partial charge in [0.25, 0.3) is 0 Å². The van der Waals surface area contributed by atoms with Crippen LogP contribution in [0.4, 0.5) is 4.79 Å². The molecule has 8 heteroatoms. The van der Waals surface area contributed by atoms with Crippen LogP contribution < -0.4 is 0 Å². The van der Waals surface area contributed by atoms with Crippen LogP contribution in [-0.4, -0.2) is 72.2 Å². The fourth-order valence-corrected chi connectivity index (χ4v) is 9.30. The number of hydrogen-bond acceptors (Lipinski definition) is 7. The van der Waals surface area contributed by atoms with Gasteiger partial charge in [0.1, 0.15) is 0 Å². The molecule has 0 aromatic heterocycles. The Balaban J connectivity index is 1.47. The number of rotatable bonds is 5. The Morgan fingerprint density at radius 3 is 2.58 bits per heavy atom. The first-order chi connectivity index (χ1) is 17.9. The molecule has 0 spiro atoms. The van der Waals surface area contributed by atoms with Gasteiger partial charge in [-0.25, -0.2) is 9.59 Å². The Hall–Kier alpha value is -1.93. The van der Waals surface area contributed by atoms with Crippen molar-refractivity contribution in [3.63, 3.8) is 0 Å². The van der Waals surface area contributed by atoms with Gasteiger partial charge in [-0.15, -0.1) is 0 Å². The summed E-state index contributed by atoms with van der Waals surface area (Å²) in [6.45, 7) is 9.45. The Morgan fingerprint density at radius 2 is 1.89 bits per heavy atom. The van der Waals surface area contributed by atoms with E-state index in [4.69, 9.17) is 14.2 Å². The molecule has 0 bridgehead atoms. The summed E-state index contributed by atoms with van der Waals surface area (Å²) in [7, 11) is 2.11. The molecule has 9 atom stereocenters. The van der Waals surface area contributed by atoms with E-state index in [2.05, 4.69) is 20.9 Å². The van der Waals surface area contributed by atoms with Gasteiger partial charge in [0, 0.05) is 24.7 Å². The Kier molecular flexibility index (Phi) is 6.99. The first kappa shape index (κ1) is 27.6. The average molecular weight is 533 g/mol. The van der Waals surface area contributed by atoms with Crippen molar-refractivity contribution in [1.29, 1.82) is 0 Å². The lowest BCUT2D eigenvalue weighted by Gasteiger charge is -2.60. The van der Waals surface area contributed by atoms with Gasteiger partial charge in [-0.1, -0.05) is 19.4 Å². The Morgan fingerprint density at radius 1 is 1.13 bits per heavy atom. The number of ketones is 1. The summed E-state index contributed by atoms with van der Waals surface area (Å²) in [5.74, 6) is -0.0594. The minimum atomic E-state index is -1.50. The smallest absolute Gasteiger partial charge is 0.435 e. The molecule has 8 unspecified atom stereocenters. The number of fused-ring (bicyclic) bond motifs is 5. The van der Waals surface area contributed by atoms with Crippen molar-refractivity contribution < 1.29 is 38.2 Å². The van der Waals surface area contributed by atoms with Crippen LogP contribution in [0.2, 0.25) is 0 Å². The van der Waals surface area contributed by atoms with E-state index in [1.165, 1.54) is 5.57 Å². The van der Waals surface area contributed by atoms with Crippen molar-refractivity contribution in [2.75, 3.05) is 26.9 Å². The van der Waals surface area contributed by atoms with Gasteiger partial charge in [-0.05, 0) is 81.6 Å². The Labute approximate surface area is 226 Å². The number of nitrogens with zero attached hydrogens (tertiary/aromatic N) is 1. The minimum absolute atomic E-state index is 0.0120. The third kappa shape index (κ3) is 4.04. The molecule has 38 heavy (non-hydrogen) atoms. The minimum Gasteiger partial charge on any atom is -0.435 e. The van der Waals surface area contributed by atoms with Gasteiger partial charge in [0.15, 0.2) is 5.78 Å². The van der Waals surface area contributed by atoms with E-state index in [0.29, 0.717) is 29.8 Å². The molecule has 4 fully saturated rings. The third-order valence-corrected chi connectivity index (χ3v) is 11.7. The fraction of sp³-hybridized carbons (Fsp3) is 0.833. The molecule has 5 rings (SSSR count). The summed E-state index contributed by atoms with van der Waals surface area (Å²) in [5.41, 5.74) is -1.34. The van der Waals surface area contributed by atoms with Gasteiger partial charge < -0.3 is 19.3 Å². The number of allylic oxidation sites excluding steroid dienone is 1. The molecule has 5 aliphatic rings. The lowest BCUT2D eigenvalue weighted by molar-refractivity contribution is -0.935. The zero-order valence-corrected chi connectivity index (χ0v) is 23.8. The molecule has 0 aromatic carbocycles. The van der Waals surface area contributed by atoms with Crippen molar-refractivity contribution in [1.82, 2.24) is 0 Å². The zero-order valence-electron chi connectivity index (χ0n) is 23.8. The number of ether oxygens (including phenoxy) is 3. The highest BCUT2D eigenvalue weighted by atomic mass is 16.7. The third-order valence-electron chi connectivity index (χ3n) is 11.7. The number of aliphatic hydroxyl groups is 1. The van der Waals surface area contributed by atoms with E-state index in [-0.39, 0.29) is 42.3 Å². The zero-order chi connectivity index (χ0) is 27.5. The lowest BCUT2D eigenvalue weighted by atomic mass is 9.45. The van der Waals surface area contributed by atoms with Gasteiger partial charge in [0.2, 0.25) is 12.3 Å². The number of carbonyl (C=O) groups excluding carboxylic acids is 3. The van der Waals surface area contributed by atoms with Crippen LogP contribution in [0.25, 0.3) is 0 Å². The normalized spacial score (nSPS) is 45.9. The van der Waals surface area contributed by atoms with Crippen molar-refractivity contribution in [2.45, 2.75) is 103 Å². The molecular weight excluding hydrogens is 486 g/mol. The largest absolute Gasteiger partial charge is 0.509 e. The Bertz CT molecular complexity index is 1030. The summed E-state index contributed by atoms with van der Waals surface area (Å²) in [5, 5.41) is 11.8. The summed E-state index contributed by atoms with van der Waals surface area (Å²) in [4.78, 5) is 39.0. The number of likely N-dealkylation sites (tertiary alicyclic amines) is 1. The second-order valence-electron chi connectivity index (χ2n) is 13.5. The second kappa shape index (κ2) is 9.61. The van der Waals surface area contributed by atoms with Crippen molar-refractivity contribution >= 4 is 17.9 Å². The number of carbonyl (C=O) groups is 3. The molecule has 0 radical (unpaired) electrons. The summed E-state index contributed by atoms with van der Waals surface area (Å²) < 4.78 is 17.9.